The van der Waals surface area contributed by atoms with Crippen molar-refractivity contribution in [1.82, 2.24) is 4.90 Å². The average Bonchev–Trinajstić information content (AvgIpc) is 2.82. The van der Waals surface area contributed by atoms with Crippen molar-refractivity contribution in [2.75, 3.05) is 6.54 Å². The number of hydrogen-bond donors (Lipinski definition) is 2. The highest BCUT2D eigenvalue weighted by Crippen LogP contribution is 2.25. The van der Waals surface area contributed by atoms with Crippen molar-refractivity contribution in [1.29, 1.82) is 0 Å². The van der Waals surface area contributed by atoms with E-state index in [4.69, 9.17) is 5.11 Å². The summed E-state index contributed by atoms with van der Waals surface area (Å²) >= 11 is 3.36. The van der Waals surface area contributed by atoms with Crippen LogP contribution >= 0.6 is 15.9 Å². The van der Waals surface area contributed by atoms with E-state index < -0.39 is 18.1 Å². The van der Waals surface area contributed by atoms with E-state index >= 15 is 0 Å². The number of aliphatic hydroxyl groups excluding tert-OH is 1. The van der Waals surface area contributed by atoms with E-state index in [1.165, 1.54) is 4.90 Å². The molecule has 1 aliphatic heterocycles. The minimum atomic E-state index is -1.06. The Balaban J connectivity index is 2.03. The third-order valence-corrected chi connectivity index (χ3v) is 4.33. The molecule has 1 aromatic rings. The lowest BCUT2D eigenvalue weighted by Gasteiger charge is -2.23. The number of aliphatic carboxylic acids is 1. The standard InChI is InChI=1S/C15H18BrNO4/c1-9(10-2-4-11(16)5-3-10)6-14(19)17-8-12(18)7-13(17)15(20)21/h2-5,9,12-13,18H,6-8H2,1H3,(H,20,21)/t9?,12?,13-/m0/s1. The highest BCUT2D eigenvalue weighted by Gasteiger charge is 2.38. The van der Waals surface area contributed by atoms with Crippen LogP contribution in [0.2, 0.25) is 0 Å². The van der Waals surface area contributed by atoms with Crippen LogP contribution in [0, 0.1) is 0 Å². The Morgan fingerprint density at radius 1 is 1.38 bits per heavy atom. The molecule has 3 atom stereocenters. The number of rotatable bonds is 4. The fraction of sp³-hybridized carbons (Fsp3) is 0.467. The number of benzene rings is 1. The predicted octanol–water partition coefficient (Wildman–Crippen LogP) is 1.99. The topological polar surface area (TPSA) is 77.8 Å². The fourth-order valence-electron chi connectivity index (χ4n) is 2.61. The van der Waals surface area contributed by atoms with E-state index in [2.05, 4.69) is 15.9 Å². The van der Waals surface area contributed by atoms with Crippen molar-refractivity contribution < 1.29 is 19.8 Å². The highest BCUT2D eigenvalue weighted by molar-refractivity contribution is 9.10. The Morgan fingerprint density at radius 2 is 2.00 bits per heavy atom. The van der Waals surface area contributed by atoms with Gasteiger partial charge in [0, 0.05) is 23.9 Å². The molecule has 1 heterocycles. The number of aliphatic hydroxyl groups is 1. The van der Waals surface area contributed by atoms with Gasteiger partial charge in [0.2, 0.25) is 5.91 Å². The summed E-state index contributed by atoms with van der Waals surface area (Å²) in [6.07, 6.45) is -0.413. The molecule has 0 bridgehead atoms. The first kappa shape index (κ1) is 16.0. The number of amides is 1. The second-order valence-electron chi connectivity index (χ2n) is 5.45. The Morgan fingerprint density at radius 3 is 2.57 bits per heavy atom. The molecule has 0 aliphatic carbocycles. The molecule has 1 aliphatic rings. The van der Waals surface area contributed by atoms with Crippen LogP contribution in [-0.2, 0) is 9.59 Å². The van der Waals surface area contributed by atoms with Gasteiger partial charge < -0.3 is 15.1 Å². The summed E-state index contributed by atoms with van der Waals surface area (Å²) in [5.74, 6) is -1.29. The largest absolute Gasteiger partial charge is 0.480 e. The first-order valence-corrected chi connectivity index (χ1v) is 7.63. The molecule has 2 unspecified atom stereocenters. The molecule has 0 radical (unpaired) electrons. The quantitative estimate of drug-likeness (QED) is 0.865. The van der Waals surface area contributed by atoms with Gasteiger partial charge in [0.25, 0.3) is 0 Å². The van der Waals surface area contributed by atoms with Gasteiger partial charge >= 0.3 is 5.97 Å². The molecule has 114 valence electrons. The molecule has 6 heteroatoms. The normalized spacial score (nSPS) is 23.1. The highest BCUT2D eigenvalue weighted by atomic mass is 79.9. The Bertz CT molecular complexity index is 531. The Hall–Kier alpha value is -1.40. The van der Waals surface area contributed by atoms with Crippen LogP contribution in [0.3, 0.4) is 0 Å². The van der Waals surface area contributed by atoms with E-state index in [9.17, 15) is 14.7 Å². The maximum Gasteiger partial charge on any atom is 0.326 e. The molecule has 0 spiro atoms. The summed E-state index contributed by atoms with van der Waals surface area (Å²) in [6, 6.07) is 6.79. The lowest BCUT2D eigenvalue weighted by molar-refractivity contribution is -0.148. The fourth-order valence-corrected chi connectivity index (χ4v) is 2.88. The number of likely N-dealkylation sites (tertiary alicyclic amines) is 1. The van der Waals surface area contributed by atoms with Gasteiger partial charge in [-0.3, -0.25) is 4.79 Å². The number of carboxylic acids is 1. The summed E-state index contributed by atoms with van der Waals surface area (Å²) < 4.78 is 0.971. The predicted molar refractivity (Wildman–Crippen MR) is 80.9 cm³/mol. The minimum Gasteiger partial charge on any atom is -0.480 e. The number of carbonyl (C=O) groups excluding carboxylic acids is 1. The Kier molecular flexibility index (Phi) is 5.00. The van der Waals surface area contributed by atoms with Crippen molar-refractivity contribution in [2.24, 2.45) is 0 Å². The zero-order valence-electron chi connectivity index (χ0n) is 11.7. The molecule has 1 aromatic carbocycles. The summed E-state index contributed by atoms with van der Waals surface area (Å²) in [4.78, 5) is 24.7. The number of β-amino-alcohol motifs (C(OH)–C–C–N with tert-alkyl or cyclic N) is 1. The summed E-state index contributed by atoms with van der Waals surface area (Å²) in [5.41, 5.74) is 1.03. The molecule has 2 rings (SSSR count). The molecule has 0 aromatic heterocycles. The molecule has 2 N–H and O–H groups in total. The van der Waals surface area contributed by atoms with Crippen LogP contribution in [0.15, 0.2) is 28.7 Å². The zero-order valence-corrected chi connectivity index (χ0v) is 13.3. The van der Waals surface area contributed by atoms with Gasteiger partial charge in [0.1, 0.15) is 6.04 Å². The number of hydrogen-bond acceptors (Lipinski definition) is 3. The van der Waals surface area contributed by atoms with Crippen molar-refractivity contribution in [2.45, 2.75) is 37.8 Å². The van der Waals surface area contributed by atoms with E-state index in [0.717, 1.165) is 10.0 Å². The molecular formula is C15H18BrNO4. The first-order chi connectivity index (χ1) is 9.88. The molecule has 1 amide bonds. The lowest BCUT2D eigenvalue weighted by atomic mass is 9.97. The van der Waals surface area contributed by atoms with Crippen molar-refractivity contribution in [3.8, 4) is 0 Å². The molecule has 5 nitrogen and oxygen atoms in total. The molecule has 1 fully saturated rings. The van der Waals surface area contributed by atoms with Crippen LogP contribution in [-0.4, -0.2) is 45.7 Å². The SMILES string of the molecule is CC(CC(=O)N1CC(O)C[C@H]1C(=O)O)c1ccc(Br)cc1. The van der Waals surface area contributed by atoms with Gasteiger partial charge in [-0.05, 0) is 23.6 Å². The van der Waals surface area contributed by atoms with Gasteiger partial charge in [-0.15, -0.1) is 0 Å². The molecule has 0 saturated carbocycles. The third-order valence-electron chi connectivity index (χ3n) is 3.80. The van der Waals surface area contributed by atoms with Gasteiger partial charge in [-0.25, -0.2) is 4.79 Å². The zero-order chi connectivity index (χ0) is 15.6. The number of halogens is 1. The van der Waals surface area contributed by atoms with Crippen LogP contribution in [0.5, 0.6) is 0 Å². The molecule has 1 saturated heterocycles. The second-order valence-corrected chi connectivity index (χ2v) is 6.36. The summed E-state index contributed by atoms with van der Waals surface area (Å²) in [6.45, 7) is 2.03. The number of carboxylic acid groups (broad SMARTS) is 1. The monoisotopic (exact) mass is 355 g/mol. The Labute approximate surface area is 131 Å². The summed E-state index contributed by atoms with van der Waals surface area (Å²) in [7, 11) is 0. The van der Waals surface area contributed by atoms with Gasteiger partial charge in [-0.1, -0.05) is 35.0 Å². The van der Waals surface area contributed by atoms with E-state index in [1.807, 2.05) is 31.2 Å². The third kappa shape index (κ3) is 3.83. The van der Waals surface area contributed by atoms with Gasteiger partial charge in [0.05, 0.1) is 6.10 Å². The molecular weight excluding hydrogens is 338 g/mol. The molecule has 21 heavy (non-hydrogen) atoms. The van der Waals surface area contributed by atoms with Crippen LogP contribution in [0.4, 0.5) is 0 Å². The van der Waals surface area contributed by atoms with Crippen LogP contribution in [0.25, 0.3) is 0 Å². The van der Waals surface area contributed by atoms with Crippen LogP contribution < -0.4 is 0 Å². The van der Waals surface area contributed by atoms with Crippen molar-refractivity contribution in [3.63, 3.8) is 0 Å². The van der Waals surface area contributed by atoms with E-state index in [0.29, 0.717) is 0 Å². The first-order valence-electron chi connectivity index (χ1n) is 6.84. The number of nitrogens with zero attached hydrogens (tertiary/aromatic N) is 1. The smallest absolute Gasteiger partial charge is 0.326 e. The number of carbonyl (C=O) groups is 2. The van der Waals surface area contributed by atoms with Crippen molar-refractivity contribution >= 4 is 27.8 Å². The van der Waals surface area contributed by atoms with Crippen molar-refractivity contribution in [3.05, 3.63) is 34.3 Å². The van der Waals surface area contributed by atoms with Gasteiger partial charge in [-0.2, -0.15) is 0 Å². The van der Waals surface area contributed by atoms with Crippen LogP contribution in [0.1, 0.15) is 31.2 Å². The maximum absolute atomic E-state index is 12.3. The summed E-state index contributed by atoms with van der Waals surface area (Å²) in [5, 5.41) is 18.7. The average molecular weight is 356 g/mol. The van der Waals surface area contributed by atoms with E-state index in [1.54, 1.807) is 0 Å². The van der Waals surface area contributed by atoms with E-state index in [-0.39, 0.29) is 31.2 Å². The maximum atomic E-state index is 12.3. The minimum absolute atomic E-state index is 0.00205. The second kappa shape index (κ2) is 6.58. The van der Waals surface area contributed by atoms with Gasteiger partial charge in [0.15, 0.2) is 0 Å². The lowest BCUT2D eigenvalue weighted by Crippen LogP contribution is -2.41.